The van der Waals surface area contributed by atoms with Crippen LogP contribution in [0.5, 0.6) is 0 Å². The predicted octanol–water partition coefficient (Wildman–Crippen LogP) is 0.641. The number of methoxy groups -OCH3 is 1. The number of nitrogens with two attached hydrogens (primary N) is 1. The molecule has 2 heterocycles. The van der Waals surface area contributed by atoms with Gasteiger partial charge in [0.05, 0.1) is 12.8 Å². The third-order valence-corrected chi connectivity index (χ3v) is 4.30. The number of rotatable bonds is 4. The summed E-state index contributed by atoms with van der Waals surface area (Å²) >= 11 is 0. The van der Waals surface area contributed by atoms with E-state index in [0.29, 0.717) is 5.92 Å². The Morgan fingerprint density at radius 3 is 2.76 bits per heavy atom. The van der Waals surface area contributed by atoms with E-state index in [9.17, 15) is 4.79 Å². The zero-order valence-electron chi connectivity index (χ0n) is 13.0. The van der Waals surface area contributed by atoms with Crippen LogP contribution in [0.15, 0.2) is 6.20 Å². The fourth-order valence-corrected chi connectivity index (χ4v) is 2.85. The van der Waals surface area contributed by atoms with Crippen LogP contribution in [-0.4, -0.2) is 42.7 Å². The normalized spacial score (nSPS) is 19.0. The van der Waals surface area contributed by atoms with Crippen molar-refractivity contribution in [2.75, 3.05) is 26.7 Å². The molecule has 1 atom stereocenters. The standard InChI is InChI=1S/C15H24N4O2/c1-10-18-8-12(15(2,9-16)14(20)21-3)13(19-10)11-4-6-17-7-5-11/h8,11,17H,4-7,9,16H2,1-3H3. The Bertz CT molecular complexity index is 514. The maximum Gasteiger partial charge on any atom is 0.317 e. The van der Waals surface area contributed by atoms with Crippen LogP contribution in [0, 0.1) is 6.92 Å². The SMILES string of the molecule is COC(=O)C(C)(CN)c1cnc(C)nc1C1CCNCC1. The molecule has 1 fully saturated rings. The zero-order valence-corrected chi connectivity index (χ0v) is 13.0. The van der Waals surface area contributed by atoms with Gasteiger partial charge in [0.2, 0.25) is 0 Å². The van der Waals surface area contributed by atoms with Crippen molar-refractivity contribution in [3.63, 3.8) is 0 Å². The van der Waals surface area contributed by atoms with E-state index in [1.807, 2.05) is 6.92 Å². The van der Waals surface area contributed by atoms with Crippen molar-refractivity contribution in [1.82, 2.24) is 15.3 Å². The second-order valence-corrected chi connectivity index (χ2v) is 5.77. The zero-order chi connectivity index (χ0) is 15.5. The van der Waals surface area contributed by atoms with E-state index in [1.165, 1.54) is 7.11 Å². The van der Waals surface area contributed by atoms with Crippen molar-refractivity contribution in [2.24, 2.45) is 5.73 Å². The Hall–Kier alpha value is -1.53. The average molecular weight is 292 g/mol. The quantitative estimate of drug-likeness (QED) is 0.792. The Labute approximate surface area is 125 Å². The van der Waals surface area contributed by atoms with Crippen LogP contribution < -0.4 is 11.1 Å². The molecule has 6 heteroatoms. The van der Waals surface area contributed by atoms with E-state index in [-0.39, 0.29) is 12.5 Å². The molecule has 0 radical (unpaired) electrons. The van der Waals surface area contributed by atoms with Crippen LogP contribution in [0.3, 0.4) is 0 Å². The molecule has 2 rings (SSSR count). The fraction of sp³-hybridized carbons (Fsp3) is 0.667. The number of nitrogens with one attached hydrogen (secondary N) is 1. The Kier molecular flexibility index (Phi) is 4.90. The lowest BCUT2D eigenvalue weighted by atomic mass is 9.78. The molecule has 0 amide bonds. The van der Waals surface area contributed by atoms with Gasteiger partial charge < -0.3 is 15.8 Å². The van der Waals surface area contributed by atoms with Crippen molar-refractivity contribution >= 4 is 5.97 Å². The smallest absolute Gasteiger partial charge is 0.317 e. The summed E-state index contributed by atoms with van der Waals surface area (Å²) in [5.74, 6) is 0.711. The summed E-state index contributed by atoms with van der Waals surface area (Å²) < 4.78 is 4.95. The first-order valence-corrected chi connectivity index (χ1v) is 7.36. The number of carbonyl (C=O) groups is 1. The molecule has 116 valence electrons. The number of ether oxygens (including phenoxy) is 1. The minimum Gasteiger partial charge on any atom is -0.468 e. The van der Waals surface area contributed by atoms with Gasteiger partial charge in [-0.25, -0.2) is 9.97 Å². The molecule has 0 aliphatic carbocycles. The average Bonchev–Trinajstić information content (AvgIpc) is 2.54. The van der Waals surface area contributed by atoms with E-state index in [4.69, 9.17) is 10.5 Å². The molecule has 3 N–H and O–H groups in total. The molecule has 1 aromatic rings. The maximum atomic E-state index is 12.2. The van der Waals surface area contributed by atoms with Gasteiger partial charge in [-0.3, -0.25) is 4.79 Å². The number of esters is 1. The van der Waals surface area contributed by atoms with Crippen LogP contribution in [-0.2, 0) is 14.9 Å². The molecule has 1 aliphatic heterocycles. The molecule has 0 aromatic carbocycles. The highest BCUT2D eigenvalue weighted by Crippen LogP contribution is 2.33. The highest BCUT2D eigenvalue weighted by Gasteiger charge is 2.39. The molecule has 21 heavy (non-hydrogen) atoms. The minimum atomic E-state index is -0.900. The third-order valence-electron chi connectivity index (χ3n) is 4.30. The van der Waals surface area contributed by atoms with Crippen LogP contribution in [0.4, 0.5) is 0 Å². The number of carbonyl (C=O) groups excluding carboxylic acids is 1. The second kappa shape index (κ2) is 6.49. The summed E-state index contributed by atoms with van der Waals surface area (Å²) in [6.45, 7) is 5.77. The summed E-state index contributed by atoms with van der Waals surface area (Å²) in [4.78, 5) is 21.1. The van der Waals surface area contributed by atoms with Crippen LogP contribution in [0.1, 0.15) is 42.8 Å². The van der Waals surface area contributed by atoms with Crippen molar-refractivity contribution in [3.8, 4) is 0 Å². The number of nitrogens with zero attached hydrogens (tertiary/aromatic N) is 2. The topological polar surface area (TPSA) is 90.1 Å². The maximum absolute atomic E-state index is 12.2. The van der Waals surface area contributed by atoms with Gasteiger partial charge in [0.25, 0.3) is 0 Å². The summed E-state index contributed by atoms with van der Waals surface area (Å²) in [6.07, 6.45) is 3.75. The number of aromatic nitrogens is 2. The molecule has 0 spiro atoms. The van der Waals surface area contributed by atoms with E-state index in [1.54, 1.807) is 13.1 Å². The number of piperidine rings is 1. The Morgan fingerprint density at radius 2 is 2.19 bits per heavy atom. The van der Waals surface area contributed by atoms with Gasteiger partial charge in [-0.15, -0.1) is 0 Å². The summed E-state index contributed by atoms with van der Waals surface area (Å²) in [5.41, 5.74) is 6.73. The lowest BCUT2D eigenvalue weighted by Crippen LogP contribution is -2.43. The first-order valence-electron chi connectivity index (χ1n) is 7.36. The van der Waals surface area contributed by atoms with E-state index in [2.05, 4.69) is 15.3 Å². The highest BCUT2D eigenvalue weighted by molar-refractivity contribution is 5.83. The monoisotopic (exact) mass is 292 g/mol. The largest absolute Gasteiger partial charge is 0.468 e. The minimum absolute atomic E-state index is 0.171. The number of hydrogen-bond acceptors (Lipinski definition) is 6. The molecular weight excluding hydrogens is 268 g/mol. The van der Waals surface area contributed by atoms with Gasteiger partial charge in [-0.2, -0.15) is 0 Å². The fourth-order valence-electron chi connectivity index (χ4n) is 2.85. The van der Waals surface area contributed by atoms with Gasteiger partial charge in [-0.05, 0) is 39.8 Å². The van der Waals surface area contributed by atoms with Gasteiger partial charge in [0.15, 0.2) is 0 Å². The first-order chi connectivity index (χ1) is 10.0. The van der Waals surface area contributed by atoms with Crippen molar-refractivity contribution in [3.05, 3.63) is 23.3 Å². The third kappa shape index (κ3) is 3.06. The molecule has 1 saturated heterocycles. The lowest BCUT2D eigenvalue weighted by Gasteiger charge is -2.31. The Balaban J connectivity index is 2.49. The Morgan fingerprint density at radius 1 is 1.52 bits per heavy atom. The van der Waals surface area contributed by atoms with Crippen LogP contribution >= 0.6 is 0 Å². The van der Waals surface area contributed by atoms with Gasteiger partial charge in [0.1, 0.15) is 11.2 Å². The first kappa shape index (κ1) is 15.9. The van der Waals surface area contributed by atoms with E-state index >= 15 is 0 Å². The number of aryl methyl sites for hydroxylation is 1. The summed E-state index contributed by atoms with van der Waals surface area (Å²) in [7, 11) is 1.38. The van der Waals surface area contributed by atoms with Gasteiger partial charge >= 0.3 is 5.97 Å². The number of hydrogen-bond donors (Lipinski definition) is 2. The lowest BCUT2D eigenvalue weighted by molar-refractivity contribution is -0.146. The van der Waals surface area contributed by atoms with Crippen LogP contribution in [0.25, 0.3) is 0 Å². The van der Waals surface area contributed by atoms with Crippen molar-refractivity contribution < 1.29 is 9.53 Å². The molecule has 1 aliphatic rings. The molecule has 1 unspecified atom stereocenters. The summed E-state index contributed by atoms with van der Waals surface area (Å²) in [5, 5.41) is 3.35. The van der Waals surface area contributed by atoms with Crippen LogP contribution in [0.2, 0.25) is 0 Å². The van der Waals surface area contributed by atoms with E-state index < -0.39 is 5.41 Å². The second-order valence-electron chi connectivity index (χ2n) is 5.77. The highest BCUT2D eigenvalue weighted by atomic mass is 16.5. The molecular formula is C15H24N4O2. The molecule has 1 aromatic heterocycles. The van der Waals surface area contributed by atoms with Crippen molar-refractivity contribution in [2.45, 2.75) is 38.0 Å². The van der Waals surface area contributed by atoms with Gasteiger partial charge in [0, 0.05) is 24.2 Å². The molecule has 0 bridgehead atoms. The molecule has 6 nitrogen and oxygen atoms in total. The van der Waals surface area contributed by atoms with Crippen molar-refractivity contribution in [1.29, 1.82) is 0 Å². The summed E-state index contributed by atoms with van der Waals surface area (Å²) in [6, 6.07) is 0. The van der Waals surface area contributed by atoms with E-state index in [0.717, 1.165) is 43.0 Å². The molecule has 0 saturated carbocycles. The predicted molar refractivity (Wildman–Crippen MR) is 80.0 cm³/mol. The van der Waals surface area contributed by atoms with Gasteiger partial charge in [-0.1, -0.05) is 0 Å².